The van der Waals surface area contributed by atoms with Crippen LogP contribution in [-0.2, 0) is 17.8 Å². The molecule has 4 rings (SSSR count). The summed E-state index contributed by atoms with van der Waals surface area (Å²) in [5.74, 6) is 0.902. The predicted molar refractivity (Wildman–Crippen MR) is 82.4 cm³/mol. The molecule has 0 saturated heterocycles. The van der Waals surface area contributed by atoms with Gasteiger partial charge in [0.05, 0.1) is 25.0 Å². The molecule has 7 nitrogen and oxygen atoms in total. The highest BCUT2D eigenvalue weighted by Gasteiger charge is 2.27. The van der Waals surface area contributed by atoms with Gasteiger partial charge in [-0.05, 0) is 31.0 Å². The van der Waals surface area contributed by atoms with Crippen molar-refractivity contribution in [2.24, 2.45) is 0 Å². The van der Waals surface area contributed by atoms with Crippen LogP contribution in [0.5, 0.6) is 0 Å². The van der Waals surface area contributed by atoms with Crippen LogP contribution >= 0.6 is 11.3 Å². The van der Waals surface area contributed by atoms with Crippen molar-refractivity contribution in [2.45, 2.75) is 20.0 Å². The Balaban J connectivity index is 1.76. The third kappa shape index (κ3) is 2.55. The van der Waals surface area contributed by atoms with E-state index in [1.54, 1.807) is 19.1 Å². The van der Waals surface area contributed by atoms with Gasteiger partial charge >= 0.3 is 0 Å². The molecule has 1 N–H and O–H groups in total. The summed E-state index contributed by atoms with van der Waals surface area (Å²) >= 11 is 1.47. The molecule has 1 aliphatic rings. The van der Waals surface area contributed by atoms with Gasteiger partial charge in [0.2, 0.25) is 0 Å². The first-order valence-electron chi connectivity index (χ1n) is 7.10. The summed E-state index contributed by atoms with van der Waals surface area (Å²) < 4.78 is 15.9. The number of hydrogen-bond acceptors (Lipinski definition) is 7. The number of ether oxygens (including phenoxy) is 1. The van der Waals surface area contributed by atoms with Crippen LogP contribution in [0.2, 0.25) is 0 Å². The number of carbonyl (C=O) groups excluding carboxylic acids is 1. The van der Waals surface area contributed by atoms with Gasteiger partial charge in [-0.2, -0.15) is 4.98 Å². The van der Waals surface area contributed by atoms with Crippen LogP contribution in [0.15, 0.2) is 27.3 Å². The van der Waals surface area contributed by atoms with Crippen molar-refractivity contribution in [3.05, 3.63) is 40.4 Å². The van der Waals surface area contributed by atoms with E-state index in [-0.39, 0.29) is 11.7 Å². The fraction of sp³-hybridized carbons (Fsp3) is 0.267. The maximum Gasteiger partial charge on any atom is 0.291 e. The second kappa shape index (κ2) is 5.64. The van der Waals surface area contributed by atoms with Gasteiger partial charge in [-0.15, -0.1) is 11.3 Å². The molecule has 0 unspecified atom stereocenters. The van der Waals surface area contributed by atoms with E-state index in [1.807, 2.05) is 0 Å². The third-order valence-electron chi connectivity index (χ3n) is 3.53. The lowest BCUT2D eigenvalue weighted by Crippen LogP contribution is -2.11. The molecule has 3 aromatic rings. The van der Waals surface area contributed by atoms with Crippen molar-refractivity contribution in [1.29, 1.82) is 0 Å². The molecule has 0 aliphatic carbocycles. The highest BCUT2D eigenvalue weighted by atomic mass is 32.1. The normalized spacial score (nSPS) is 13.8. The fourth-order valence-electron chi connectivity index (χ4n) is 2.52. The van der Waals surface area contributed by atoms with Crippen molar-refractivity contribution < 1.29 is 18.5 Å². The summed E-state index contributed by atoms with van der Waals surface area (Å²) in [7, 11) is 0. The van der Waals surface area contributed by atoms with Gasteiger partial charge in [0.15, 0.2) is 11.6 Å². The lowest BCUT2D eigenvalue weighted by atomic mass is 10.1. The number of rotatable bonds is 3. The highest BCUT2D eigenvalue weighted by Crippen LogP contribution is 2.42. The van der Waals surface area contributed by atoms with Crippen molar-refractivity contribution in [3.63, 3.8) is 0 Å². The molecule has 4 heterocycles. The van der Waals surface area contributed by atoms with Gasteiger partial charge in [-0.3, -0.25) is 4.79 Å². The third-order valence-corrected chi connectivity index (χ3v) is 4.65. The molecule has 0 saturated carbocycles. The zero-order valence-corrected chi connectivity index (χ0v) is 13.1. The fourth-order valence-corrected chi connectivity index (χ4v) is 3.69. The van der Waals surface area contributed by atoms with Crippen LogP contribution in [0.25, 0.3) is 11.5 Å². The summed E-state index contributed by atoms with van der Waals surface area (Å²) in [6.07, 6.45) is 2.21. The second-order valence-electron chi connectivity index (χ2n) is 5.09. The van der Waals surface area contributed by atoms with E-state index in [2.05, 4.69) is 15.5 Å². The van der Waals surface area contributed by atoms with Crippen LogP contribution in [0, 0.1) is 6.92 Å². The Kier molecular flexibility index (Phi) is 3.47. The Morgan fingerprint density at radius 1 is 1.43 bits per heavy atom. The monoisotopic (exact) mass is 331 g/mol. The Hall–Kier alpha value is -2.45. The highest BCUT2D eigenvalue weighted by molar-refractivity contribution is 7.17. The van der Waals surface area contributed by atoms with Crippen molar-refractivity contribution >= 4 is 22.2 Å². The molecule has 0 fully saturated rings. The minimum absolute atomic E-state index is 0.250. The van der Waals surface area contributed by atoms with Crippen LogP contribution in [0.1, 0.15) is 26.8 Å². The average Bonchev–Trinajstić information content (AvgIpc) is 3.25. The molecule has 3 aromatic heterocycles. The number of anilines is 1. The maximum atomic E-state index is 12.3. The molecule has 0 aromatic carbocycles. The van der Waals surface area contributed by atoms with Crippen LogP contribution in [-0.4, -0.2) is 22.7 Å². The molecule has 118 valence electrons. The van der Waals surface area contributed by atoms with Gasteiger partial charge in [0, 0.05) is 4.88 Å². The molecule has 23 heavy (non-hydrogen) atoms. The second-order valence-corrected chi connectivity index (χ2v) is 6.19. The predicted octanol–water partition coefficient (Wildman–Crippen LogP) is 3.02. The number of aryl methyl sites for hydroxylation is 1. The molecule has 0 radical (unpaired) electrons. The summed E-state index contributed by atoms with van der Waals surface area (Å²) in [6.45, 7) is 2.92. The summed E-state index contributed by atoms with van der Waals surface area (Å²) in [6, 6.07) is 3.28. The van der Waals surface area contributed by atoms with Gasteiger partial charge in [0.25, 0.3) is 11.8 Å². The first-order chi connectivity index (χ1) is 11.2. The van der Waals surface area contributed by atoms with Gasteiger partial charge < -0.3 is 19.0 Å². The van der Waals surface area contributed by atoms with Crippen molar-refractivity contribution in [3.8, 4) is 11.5 Å². The zero-order chi connectivity index (χ0) is 15.8. The van der Waals surface area contributed by atoms with Gasteiger partial charge in [-0.25, -0.2) is 0 Å². The topological polar surface area (TPSA) is 90.4 Å². The number of furan rings is 1. The van der Waals surface area contributed by atoms with Crippen LogP contribution in [0.4, 0.5) is 5.00 Å². The van der Waals surface area contributed by atoms with E-state index < -0.39 is 0 Å². The lowest BCUT2D eigenvalue weighted by molar-refractivity contribution is 0.0997. The number of aromatic nitrogens is 2. The maximum absolute atomic E-state index is 12.3. The van der Waals surface area contributed by atoms with Gasteiger partial charge in [-0.1, -0.05) is 5.16 Å². The standard InChI is InChI=1S/C15H13N3O4S/c1-8-16-14(22-18-8)12-9-4-6-20-7-11(9)23-15(12)17-13(19)10-3-2-5-21-10/h2-3,5H,4,6-7H2,1H3,(H,17,19). The molecule has 8 heteroatoms. The van der Waals surface area contributed by atoms with E-state index in [4.69, 9.17) is 13.7 Å². The minimum Gasteiger partial charge on any atom is -0.459 e. The number of nitrogens with one attached hydrogen (secondary N) is 1. The van der Waals surface area contributed by atoms with E-state index in [0.717, 1.165) is 22.4 Å². The molecule has 1 amide bonds. The largest absolute Gasteiger partial charge is 0.459 e. The zero-order valence-electron chi connectivity index (χ0n) is 12.3. The molecule has 0 atom stereocenters. The van der Waals surface area contributed by atoms with Crippen molar-refractivity contribution in [2.75, 3.05) is 11.9 Å². The lowest BCUT2D eigenvalue weighted by Gasteiger charge is -2.12. The smallest absolute Gasteiger partial charge is 0.291 e. The van der Waals surface area contributed by atoms with E-state index >= 15 is 0 Å². The number of carbonyl (C=O) groups is 1. The molecule has 0 bridgehead atoms. The summed E-state index contributed by atoms with van der Waals surface area (Å²) in [4.78, 5) is 17.7. The SMILES string of the molecule is Cc1noc(-c2c(NC(=O)c3ccco3)sc3c2CCOC3)n1. The van der Waals surface area contributed by atoms with E-state index in [1.165, 1.54) is 17.6 Å². The first-order valence-corrected chi connectivity index (χ1v) is 7.92. The Labute approximate surface area is 135 Å². The van der Waals surface area contributed by atoms with E-state index in [0.29, 0.717) is 29.9 Å². The Morgan fingerprint density at radius 2 is 2.35 bits per heavy atom. The number of hydrogen-bond donors (Lipinski definition) is 1. The first kappa shape index (κ1) is 14.2. The molecule has 0 spiro atoms. The number of thiophene rings is 1. The van der Waals surface area contributed by atoms with Crippen LogP contribution < -0.4 is 5.32 Å². The van der Waals surface area contributed by atoms with Gasteiger partial charge in [0.1, 0.15) is 5.00 Å². The van der Waals surface area contributed by atoms with Crippen LogP contribution in [0.3, 0.4) is 0 Å². The average molecular weight is 331 g/mol. The van der Waals surface area contributed by atoms with Crippen molar-refractivity contribution in [1.82, 2.24) is 10.1 Å². The summed E-state index contributed by atoms with van der Waals surface area (Å²) in [5, 5.41) is 7.40. The summed E-state index contributed by atoms with van der Waals surface area (Å²) in [5.41, 5.74) is 1.88. The number of fused-ring (bicyclic) bond motifs is 1. The molecular formula is C15H13N3O4S. The number of nitrogens with zero attached hydrogens (tertiary/aromatic N) is 2. The quantitative estimate of drug-likeness (QED) is 0.793. The Bertz CT molecular complexity index is 850. The Morgan fingerprint density at radius 3 is 3.09 bits per heavy atom. The minimum atomic E-state index is -0.313. The molecule has 1 aliphatic heterocycles. The molecular weight excluding hydrogens is 318 g/mol. The van der Waals surface area contributed by atoms with E-state index in [9.17, 15) is 4.79 Å². The number of amides is 1.